The summed E-state index contributed by atoms with van der Waals surface area (Å²) in [6, 6.07) is 13.0. The number of ether oxygens (including phenoxy) is 1. The molecule has 0 radical (unpaired) electrons. The molecule has 0 unspecified atom stereocenters. The quantitative estimate of drug-likeness (QED) is 0.716. The van der Waals surface area contributed by atoms with Gasteiger partial charge >= 0.3 is 0 Å². The zero-order valence-electron chi connectivity index (χ0n) is 10.3. The molecule has 1 aliphatic carbocycles. The molecule has 0 heterocycles. The summed E-state index contributed by atoms with van der Waals surface area (Å²) in [5.74, 6) is 0.959. The van der Waals surface area contributed by atoms with E-state index < -0.39 is 0 Å². The van der Waals surface area contributed by atoms with E-state index in [0.717, 1.165) is 18.6 Å². The van der Waals surface area contributed by atoms with Crippen LogP contribution in [0.5, 0.6) is 5.75 Å². The Hall–Kier alpha value is -1.76. The van der Waals surface area contributed by atoms with Gasteiger partial charge in [-0.1, -0.05) is 24.3 Å². The zero-order chi connectivity index (χ0) is 11.8. The first kappa shape index (κ1) is 10.4. The van der Waals surface area contributed by atoms with Crippen molar-refractivity contribution in [2.75, 3.05) is 7.11 Å². The largest absolute Gasteiger partial charge is 0.497 e. The third-order valence-electron chi connectivity index (χ3n) is 3.60. The van der Waals surface area contributed by atoms with Crippen molar-refractivity contribution in [3.8, 4) is 16.9 Å². The highest BCUT2D eigenvalue weighted by molar-refractivity contribution is 5.76. The number of fused-ring (bicyclic) bond motifs is 3. The molecule has 2 aromatic carbocycles. The van der Waals surface area contributed by atoms with Gasteiger partial charge < -0.3 is 4.74 Å². The molecule has 0 fully saturated rings. The molecule has 3 rings (SSSR count). The number of hydrogen-bond acceptors (Lipinski definition) is 1. The van der Waals surface area contributed by atoms with Crippen molar-refractivity contribution in [3.05, 3.63) is 53.1 Å². The Morgan fingerprint density at radius 3 is 2.65 bits per heavy atom. The fraction of sp³-hybridized carbons (Fsp3) is 0.250. The topological polar surface area (TPSA) is 9.23 Å². The lowest BCUT2D eigenvalue weighted by molar-refractivity contribution is 0.414. The van der Waals surface area contributed by atoms with Crippen molar-refractivity contribution in [1.82, 2.24) is 0 Å². The smallest absolute Gasteiger partial charge is 0.119 e. The Kier molecular flexibility index (Phi) is 2.40. The van der Waals surface area contributed by atoms with Crippen molar-refractivity contribution in [1.29, 1.82) is 0 Å². The van der Waals surface area contributed by atoms with E-state index in [2.05, 4.69) is 43.3 Å². The molecular formula is C16H16O. The Morgan fingerprint density at radius 2 is 1.82 bits per heavy atom. The Morgan fingerprint density at radius 1 is 1.00 bits per heavy atom. The summed E-state index contributed by atoms with van der Waals surface area (Å²) >= 11 is 0. The molecule has 0 atom stereocenters. The zero-order valence-corrected chi connectivity index (χ0v) is 10.3. The number of hydrogen-bond donors (Lipinski definition) is 0. The van der Waals surface area contributed by atoms with Gasteiger partial charge in [0.15, 0.2) is 0 Å². The van der Waals surface area contributed by atoms with Crippen LogP contribution in [0.2, 0.25) is 0 Å². The summed E-state index contributed by atoms with van der Waals surface area (Å²) in [4.78, 5) is 0. The van der Waals surface area contributed by atoms with Crippen LogP contribution in [0, 0.1) is 6.92 Å². The molecule has 2 aromatic rings. The number of benzene rings is 2. The van der Waals surface area contributed by atoms with Crippen LogP contribution in [0.1, 0.15) is 16.7 Å². The normalized spacial score (nSPS) is 12.8. The predicted molar refractivity (Wildman–Crippen MR) is 70.6 cm³/mol. The summed E-state index contributed by atoms with van der Waals surface area (Å²) in [6.07, 6.45) is 2.25. The molecule has 0 N–H and O–H groups in total. The molecule has 0 aromatic heterocycles. The van der Waals surface area contributed by atoms with Crippen LogP contribution in [0.3, 0.4) is 0 Å². The monoisotopic (exact) mass is 224 g/mol. The highest BCUT2D eigenvalue weighted by Crippen LogP contribution is 2.37. The maximum atomic E-state index is 5.30. The van der Waals surface area contributed by atoms with E-state index in [9.17, 15) is 0 Å². The van der Waals surface area contributed by atoms with E-state index in [1.807, 2.05) is 0 Å². The molecule has 0 spiro atoms. The lowest BCUT2D eigenvalue weighted by atomic mass is 9.83. The molecule has 86 valence electrons. The van der Waals surface area contributed by atoms with E-state index in [-0.39, 0.29) is 0 Å². The molecule has 1 nitrogen and oxygen atoms in total. The summed E-state index contributed by atoms with van der Waals surface area (Å²) in [5.41, 5.74) is 7.06. The SMILES string of the molecule is COc1ccc2c(c1)CCc1cccc(C)c1-2. The summed E-state index contributed by atoms with van der Waals surface area (Å²) in [5, 5.41) is 0. The maximum absolute atomic E-state index is 5.30. The van der Waals surface area contributed by atoms with E-state index >= 15 is 0 Å². The minimum atomic E-state index is 0.959. The van der Waals surface area contributed by atoms with Crippen LogP contribution in [0.15, 0.2) is 36.4 Å². The van der Waals surface area contributed by atoms with Crippen LogP contribution in [0.4, 0.5) is 0 Å². The van der Waals surface area contributed by atoms with Gasteiger partial charge in [0.25, 0.3) is 0 Å². The molecule has 1 aliphatic rings. The van der Waals surface area contributed by atoms with E-state index in [0.29, 0.717) is 0 Å². The van der Waals surface area contributed by atoms with Crippen molar-refractivity contribution >= 4 is 0 Å². The minimum Gasteiger partial charge on any atom is -0.497 e. The Labute approximate surface area is 102 Å². The van der Waals surface area contributed by atoms with Gasteiger partial charge in [0, 0.05) is 0 Å². The van der Waals surface area contributed by atoms with Gasteiger partial charge in [-0.3, -0.25) is 0 Å². The van der Waals surface area contributed by atoms with Crippen LogP contribution < -0.4 is 4.74 Å². The van der Waals surface area contributed by atoms with Crippen molar-refractivity contribution < 1.29 is 4.74 Å². The predicted octanol–water partition coefficient (Wildman–Crippen LogP) is 3.77. The third-order valence-corrected chi connectivity index (χ3v) is 3.60. The molecule has 17 heavy (non-hydrogen) atoms. The fourth-order valence-corrected chi connectivity index (χ4v) is 2.74. The second kappa shape index (κ2) is 3.92. The minimum absolute atomic E-state index is 0.959. The van der Waals surface area contributed by atoms with Gasteiger partial charge in [0.1, 0.15) is 5.75 Å². The highest BCUT2D eigenvalue weighted by atomic mass is 16.5. The first-order valence-corrected chi connectivity index (χ1v) is 6.05. The number of rotatable bonds is 1. The average molecular weight is 224 g/mol. The van der Waals surface area contributed by atoms with E-state index in [4.69, 9.17) is 4.74 Å². The molecule has 0 amide bonds. The van der Waals surface area contributed by atoms with Gasteiger partial charge in [-0.25, -0.2) is 0 Å². The third kappa shape index (κ3) is 1.62. The maximum Gasteiger partial charge on any atom is 0.119 e. The standard InChI is InChI=1S/C16H16O/c1-11-4-3-5-12-6-7-13-10-14(17-2)8-9-15(13)16(11)12/h3-5,8-10H,6-7H2,1-2H3. The van der Waals surface area contributed by atoms with Crippen LogP contribution in [-0.2, 0) is 12.8 Å². The summed E-state index contributed by atoms with van der Waals surface area (Å²) < 4.78 is 5.30. The van der Waals surface area contributed by atoms with Gasteiger partial charge in [-0.15, -0.1) is 0 Å². The van der Waals surface area contributed by atoms with Gasteiger partial charge in [-0.2, -0.15) is 0 Å². The number of methoxy groups -OCH3 is 1. The Balaban J connectivity index is 2.23. The molecular weight excluding hydrogens is 208 g/mol. The van der Waals surface area contributed by atoms with Crippen LogP contribution in [-0.4, -0.2) is 7.11 Å². The molecule has 1 heteroatoms. The second-order valence-corrected chi connectivity index (χ2v) is 4.63. The first-order chi connectivity index (χ1) is 8.29. The van der Waals surface area contributed by atoms with Crippen LogP contribution >= 0.6 is 0 Å². The fourth-order valence-electron chi connectivity index (χ4n) is 2.74. The Bertz CT molecular complexity index is 570. The van der Waals surface area contributed by atoms with Gasteiger partial charge in [0.2, 0.25) is 0 Å². The average Bonchev–Trinajstić information content (AvgIpc) is 2.38. The lowest BCUT2D eigenvalue weighted by Crippen LogP contribution is -2.05. The van der Waals surface area contributed by atoms with Crippen molar-refractivity contribution in [2.45, 2.75) is 19.8 Å². The summed E-state index contributed by atoms with van der Waals surface area (Å²) in [7, 11) is 1.73. The summed E-state index contributed by atoms with van der Waals surface area (Å²) in [6.45, 7) is 2.19. The molecule has 0 bridgehead atoms. The molecule has 0 saturated carbocycles. The van der Waals surface area contributed by atoms with Crippen LogP contribution in [0.25, 0.3) is 11.1 Å². The van der Waals surface area contributed by atoms with Crippen molar-refractivity contribution in [2.24, 2.45) is 0 Å². The lowest BCUT2D eigenvalue weighted by Gasteiger charge is -2.22. The molecule has 0 aliphatic heterocycles. The second-order valence-electron chi connectivity index (χ2n) is 4.63. The first-order valence-electron chi connectivity index (χ1n) is 6.05. The van der Waals surface area contributed by atoms with Gasteiger partial charge in [0.05, 0.1) is 7.11 Å². The highest BCUT2D eigenvalue weighted by Gasteiger charge is 2.17. The van der Waals surface area contributed by atoms with E-state index in [1.54, 1.807) is 7.11 Å². The molecule has 0 saturated heterocycles. The van der Waals surface area contributed by atoms with Crippen molar-refractivity contribution in [3.63, 3.8) is 0 Å². The van der Waals surface area contributed by atoms with Gasteiger partial charge in [-0.05, 0) is 59.7 Å². The van der Waals surface area contributed by atoms with E-state index in [1.165, 1.54) is 27.8 Å². The number of aryl methyl sites for hydroxylation is 3.